The summed E-state index contributed by atoms with van der Waals surface area (Å²) in [6.45, 7) is 15.6. The Hall–Kier alpha value is -0.850. The first-order valence-corrected chi connectivity index (χ1v) is 8.68. The summed E-state index contributed by atoms with van der Waals surface area (Å²) in [5.74, 6) is 0.523. The Bertz CT molecular complexity index is 337. The van der Waals surface area contributed by atoms with E-state index in [0.29, 0.717) is 12.0 Å². The average Bonchev–Trinajstić information content (AvgIpc) is 2.55. The smallest absolute Gasteiger partial charge is 0.317 e. The van der Waals surface area contributed by atoms with E-state index in [4.69, 9.17) is 4.74 Å². The van der Waals surface area contributed by atoms with Crippen molar-refractivity contribution in [2.45, 2.75) is 26.8 Å². The highest BCUT2D eigenvalue weighted by atomic mass is 16.5. The van der Waals surface area contributed by atoms with Crippen molar-refractivity contribution in [1.82, 2.24) is 20.0 Å². The zero-order chi connectivity index (χ0) is 15.9. The van der Waals surface area contributed by atoms with Crippen LogP contribution in [0.25, 0.3) is 0 Å². The second-order valence-corrected chi connectivity index (χ2v) is 6.57. The molecule has 0 bridgehead atoms. The molecule has 2 aliphatic rings. The highest BCUT2D eigenvalue weighted by Gasteiger charge is 2.26. The van der Waals surface area contributed by atoms with Crippen molar-refractivity contribution in [2.75, 3.05) is 65.6 Å². The fourth-order valence-corrected chi connectivity index (χ4v) is 3.27. The van der Waals surface area contributed by atoms with E-state index in [0.717, 1.165) is 65.6 Å². The summed E-state index contributed by atoms with van der Waals surface area (Å²) in [7, 11) is 0. The summed E-state index contributed by atoms with van der Waals surface area (Å²) in [6, 6.07) is 0.486. The molecule has 2 amide bonds. The molecule has 1 unspecified atom stereocenters. The van der Waals surface area contributed by atoms with Gasteiger partial charge in [-0.15, -0.1) is 0 Å². The molecule has 0 spiro atoms. The molecule has 2 heterocycles. The fourth-order valence-electron chi connectivity index (χ4n) is 3.27. The SMILES string of the molecule is CCN1CCN(C(=O)NCC(C(C)C)N2CCOCC2)CC1. The van der Waals surface area contributed by atoms with Gasteiger partial charge in [0.15, 0.2) is 0 Å². The van der Waals surface area contributed by atoms with Gasteiger partial charge in [0.25, 0.3) is 0 Å². The third-order valence-corrected chi connectivity index (χ3v) is 4.85. The second-order valence-electron chi connectivity index (χ2n) is 6.57. The lowest BCUT2D eigenvalue weighted by molar-refractivity contribution is 0.00683. The number of ether oxygens (including phenoxy) is 1. The standard InChI is InChI=1S/C16H32N4O2/c1-4-18-5-7-20(8-6-18)16(21)17-13-15(14(2)3)19-9-11-22-12-10-19/h14-15H,4-13H2,1-3H3,(H,17,21). The number of nitrogens with zero attached hydrogens (tertiary/aromatic N) is 3. The number of carbonyl (C=O) groups is 1. The van der Waals surface area contributed by atoms with Crippen molar-refractivity contribution in [3.8, 4) is 0 Å². The first kappa shape index (κ1) is 17.5. The summed E-state index contributed by atoms with van der Waals surface area (Å²) >= 11 is 0. The summed E-state index contributed by atoms with van der Waals surface area (Å²) in [5.41, 5.74) is 0. The van der Waals surface area contributed by atoms with Gasteiger partial charge in [-0.3, -0.25) is 4.90 Å². The Morgan fingerprint density at radius 2 is 1.73 bits per heavy atom. The number of rotatable bonds is 5. The first-order chi connectivity index (χ1) is 10.6. The van der Waals surface area contributed by atoms with E-state index < -0.39 is 0 Å². The topological polar surface area (TPSA) is 48.0 Å². The van der Waals surface area contributed by atoms with Gasteiger partial charge in [-0.05, 0) is 12.5 Å². The van der Waals surface area contributed by atoms with E-state index in [9.17, 15) is 4.79 Å². The molecule has 2 rings (SSSR count). The molecule has 1 N–H and O–H groups in total. The molecule has 128 valence electrons. The maximum absolute atomic E-state index is 12.4. The van der Waals surface area contributed by atoms with E-state index in [1.807, 2.05) is 4.90 Å². The van der Waals surface area contributed by atoms with Gasteiger partial charge in [-0.2, -0.15) is 0 Å². The van der Waals surface area contributed by atoms with E-state index in [-0.39, 0.29) is 6.03 Å². The van der Waals surface area contributed by atoms with Crippen LogP contribution in [0, 0.1) is 5.92 Å². The predicted molar refractivity (Wildman–Crippen MR) is 88.1 cm³/mol. The number of morpholine rings is 1. The molecule has 0 aliphatic carbocycles. The zero-order valence-electron chi connectivity index (χ0n) is 14.4. The van der Waals surface area contributed by atoms with Gasteiger partial charge in [0, 0.05) is 51.9 Å². The normalized spacial score (nSPS) is 22.8. The maximum atomic E-state index is 12.4. The molecular formula is C16H32N4O2. The van der Waals surface area contributed by atoms with Crippen LogP contribution < -0.4 is 5.32 Å². The summed E-state index contributed by atoms with van der Waals surface area (Å²) < 4.78 is 5.43. The van der Waals surface area contributed by atoms with Crippen molar-refractivity contribution < 1.29 is 9.53 Å². The molecule has 2 aliphatic heterocycles. The third kappa shape index (κ3) is 4.83. The largest absolute Gasteiger partial charge is 0.379 e. The Kier molecular flexibility index (Phi) is 6.92. The lowest BCUT2D eigenvalue weighted by atomic mass is 10.0. The number of hydrogen-bond acceptors (Lipinski definition) is 4. The molecule has 2 saturated heterocycles. The Balaban J connectivity index is 1.77. The number of piperazine rings is 1. The van der Waals surface area contributed by atoms with Gasteiger partial charge >= 0.3 is 6.03 Å². The quantitative estimate of drug-likeness (QED) is 0.811. The van der Waals surface area contributed by atoms with E-state index in [2.05, 4.69) is 35.9 Å². The van der Waals surface area contributed by atoms with Crippen molar-refractivity contribution in [1.29, 1.82) is 0 Å². The van der Waals surface area contributed by atoms with Crippen molar-refractivity contribution >= 4 is 6.03 Å². The van der Waals surface area contributed by atoms with Crippen molar-refractivity contribution in [3.05, 3.63) is 0 Å². The van der Waals surface area contributed by atoms with Crippen molar-refractivity contribution in [3.63, 3.8) is 0 Å². The van der Waals surface area contributed by atoms with Crippen LogP contribution in [0.2, 0.25) is 0 Å². The van der Waals surface area contributed by atoms with Gasteiger partial charge in [0.2, 0.25) is 0 Å². The van der Waals surface area contributed by atoms with Crippen LogP contribution in [0.5, 0.6) is 0 Å². The third-order valence-electron chi connectivity index (χ3n) is 4.85. The number of likely N-dealkylation sites (N-methyl/N-ethyl adjacent to an activating group) is 1. The Morgan fingerprint density at radius 1 is 1.09 bits per heavy atom. The van der Waals surface area contributed by atoms with Gasteiger partial charge in [0.05, 0.1) is 13.2 Å². The van der Waals surface area contributed by atoms with Crippen LogP contribution in [0.3, 0.4) is 0 Å². The number of carbonyl (C=O) groups excluding carboxylic acids is 1. The lowest BCUT2D eigenvalue weighted by Gasteiger charge is -2.38. The minimum atomic E-state index is 0.0923. The van der Waals surface area contributed by atoms with Crippen LogP contribution in [-0.4, -0.2) is 92.3 Å². The molecule has 1 atom stereocenters. The molecule has 2 fully saturated rings. The van der Waals surface area contributed by atoms with Crippen LogP contribution in [0.15, 0.2) is 0 Å². The van der Waals surface area contributed by atoms with Gasteiger partial charge < -0.3 is 19.9 Å². The molecule has 0 aromatic carbocycles. The number of hydrogen-bond donors (Lipinski definition) is 1. The van der Waals surface area contributed by atoms with Crippen LogP contribution in [-0.2, 0) is 4.74 Å². The molecule has 0 aromatic heterocycles. The zero-order valence-corrected chi connectivity index (χ0v) is 14.4. The predicted octanol–water partition coefficient (Wildman–Crippen LogP) is 0.690. The summed E-state index contributed by atoms with van der Waals surface area (Å²) in [5, 5.41) is 3.15. The minimum absolute atomic E-state index is 0.0923. The molecule has 22 heavy (non-hydrogen) atoms. The highest BCUT2D eigenvalue weighted by Crippen LogP contribution is 2.12. The average molecular weight is 312 g/mol. The van der Waals surface area contributed by atoms with E-state index >= 15 is 0 Å². The van der Waals surface area contributed by atoms with Crippen molar-refractivity contribution in [2.24, 2.45) is 5.92 Å². The van der Waals surface area contributed by atoms with Gasteiger partial charge in [-0.25, -0.2) is 4.79 Å². The lowest BCUT2D eigenvalue weighted by Crippen LogP contribution is -2.55. The summed E-state index contributed by atoms with van der Waals surface area (Å²) in [6.07, 6.45) is 0. The number of urea groups is 1. The molecule has 0 saturated carbocycles. The Morgan fingerprint density at radius 3 is 2.27 bits per heavy atom. The molecule has 6 nitrogen and oxygen atoms in total. The maximum Gasteiger partial charge on any atom is 0.317 e. The molecular weight excluding hydrogens is 280 g/mol. The van der Waals surface area contributed by atoms with Gasteiger partial charge in [0.1, 0.15) is 0 Å². The summed E-state index contributed by atoms with van der Waals surface area (Å²) in [4.78, 5) is 19.1. The second kappa shape index (κ2) is 8.70. The number of nitrogens with one attached hydrogen (secondary N) is 1. The molecule has 0 aromatic rings. The van der Waals surface area contributed by atoms with Crippen LogP contribution >= 0.6 is 0 Å². The van der Waals surface area contributed by atoms with Gasteiger partial charge in [-0.1, -0.05) is 20.8 Å². The molecule has 6 heteroatoms. The monoisotopic (exact) mass is 312 g/mol. The fraction of sp³-hybridized carbons (Fsp3) is 0.938. The van der Waals surface area contributed by atoms with E-state index in [1.54, 1.807) is 0 Å². The first-order valence-electron chi connectivity index (χ1n) is 8.68. The Labute approximate surface area is 134 Å². The van der Waals surface area contributed by atoms with Crippen LogP contribution in [0.1, 0.15) is 20.8 Å². The molecule has 0 radical (unpaired) electrons. The number of amides is 2. The van der Waals surface area contributed by atoms with Crippen LogP contribution in [0.4, 0.5) is 4.79 Å². The minimum Gasteiger partial charge on any atom is -0.379 e. The highest BCUT2D eigenvalue weighted by molar-refractivity contribution is 5.74. The van der Waals surface area contributed by atoms with E-state index in [1.165, 1.54) is 0 Å².